The highest BCUT2D eigenvalue weighted by molar-refractivity contribution is 6.35. The highest BCUT2D eigenvalue weighted by Gasteiger charge is 2.16. The molecule has 2 aromatic heterocycles. The molecule has 1 aliphatic heterocycles. The second-order valence-corrected chi connectivity index (χ2v) is 8.44. The average molecular weight is 464 g/mol. The van der Waals surface area contributed by atoms with Crippen molar-refractivity contribution in [3.63, 3.8) is 0 Å². The van der Waals surface area contributed by atoms with Crippen LogP contribution in [0.3, 0.4) is 0 Å². The van der Waals surface area contributed by atoms with Crippen LogP contribution in [0.4, 0.5) is 5.69 Å². The maximum Gasteiger partial charge on any atom is 0.180 e. The Hall–Kier alpha value is -3.13. The van der Waals surface area contributed by atoms with Crippen molar-refractivity contribution < 1.29 is 9.47 Å². The van der Waals surface area contributed by atoms with E-state index >= 15 is 0 Å². The lowest BCUT2D eigenvalue weighted by Gasteiger charge is -2.26. The molecular weight excluding hydrogens is 438 g/mol. The molecule has 4 aromatic rings. The third kappa shape index (κ3) is 4.95. The van der Waals surface area contributed by atoms with Crippen LogP contribution < -0.4 is 10.5 Å². The number of H-pyrrole nitrogens is 1. The van der Waals surface area contributed by atoms with E-state index in [0.29, 0.717) is 40.7 Å². The molecular formula is C25H26ClN5O2. The first-order valence-electron chi connectivity index (χ1n) is 11.1. The lowest BCUT2D eigenvalue weighted by Crippen LogP contribution is -2.38. The van der Waals surface area contributed by atoms with Gasteiger partial charge in [-0.1, -0.05) is 41.9 Å². The summed E-state index contributed by atoms with van der Waals surface area (Å²) in [5, 5.41) is 0.463. The molecule has 0 radical (unpaired) electrons. The molecule has 0 bridgehead atoms. The first kappa shape index (κ1) is 21.7. The maximum atomic E-state index is 6.54. The van der Waals surface area contributed by atoms with Crippen molar-refractivity contribution >= 4 is 28.5 Å². The number of imidazole rings is 1. The van der Waals surface area contributed by atoms with E-state index in [1.165, 1.54) is 0 Å². The molecule has 5 rings (SSSR count). The fourth-order valence-electron chi connectivity index (χ4n) is 3.94. The van der Waals surface area contributed by atoms with Crippen molar-refractivity contribution in [2.75, 3.05) is 45.2 Å². The van der Waals surface area contributed by atoms with Crippen molar-refractivity contribution in [1.29, 1.82) is 0 Å². The molecule has 8 heteroatoms. The molecule has 1 aliphatic rings. The summed E-state index contributed by atoms with van der Waals surface area (Å²) in [5.74, 6) is 1.52. The van der Waals surface area contributed by atoms with Crippen molar-refractivity contribution in [2.45, 2.75) is 6.42 Å². The molecule has 3 N–H and O–H groups in total. The van der Waals surface area contributed by atoms with Crippen LogP contribution in [-0.2, 0) is 11.2 Å². The molecule has 33 heavy (non-hydrogen) atoms. The van der Waals surface area contributed by atoms with E-state index in [-0.39, 0.29) is 0 Å². The standard InChI is InChI=1S/C25H26ClN5O2/c26-21-20(16-17-4-2-1-3-5-17)28-25-23(22(21)27)29-24(30-25)18-6-8-19(9-7-18)33-15-12-31-10-13-32-14-11-31/h1-9H,10-16H2,(H3,27,28,29,30). The normalized spacial score (nSPS) is 14.6. The highest BCUT2D eigenvalue weighted by atomic mass is 35.5. The van der Waals surface area contributed by atoms with Crippen molar-refractivity contribution in [1.82, 2.24) is 19.9 Å². The van der Waals surface area contributed by atoms with Crippen LogP contribution in [-0.4, -0.2) is 59.3 Å². The zero-order chi connectivity index (χ0) is 22.6. The number of nitrogens with one attached hydrogen (secondary N) is 1. The van der Waals surface area contributed by atoms with Gasteiger partial charge in [-0.3, -0.25) is 4.90 Å². The summed E-state index contributed by atoms with van der Waals surface area (Å²) in [7, 11) is 0. The molecule has 0 aliphatic carbocycles. The summed E-state index contributed by atoms with van der Waals surface area (Å²) < 4.78 is 11.3. The van der Waals surface area contributed by atoms with Gasteiger partial charge in [-0.25, -0.2) is 9.97 Å². The predicted octanol–water partition coefficient (Wildman–Crippen LogP) is 4.16. The molecule has 1 saturated heterocycles. The van der Waals surface area contributed by atoms with E-state index in [1.54, 1.807) is 0 Å². The van der Waals surface area contributed by atoms with Gasteiger partial charge in [-0.05, 0) is 29.8 Å². The molecule has 0 unspecified atom stereocenters. The number of anilines is 1. The molecule has 3 heterocycles. The molecule has 0 amide bonds. The number of halogens is 1. The van der Waals surface area contributed by atoms with E-state index in [0.717, 1.165) is 55.4 Å². The van der Waals surface area contributed by atoms with Gasteiger partial charge in [0.25, 0.3) is 0 Å². The summed E-state index contributed by atoms with van der Waals surface area (Å²) in [6.45, 7) is 5.05. The summed E-state index contributed by atoms with van der Waals surface area (Å²) in [6, 6.07) is 17.9. The number of aromatic nitrogens is 3. The lowest BCUT2D eigenvalue weighted by molar-refractivity contribution is 0.0322. The minimum Gasteiger partial charge on any atom is -0.492 e. The third-order valence-corrected chi connectivity index (χ3v) is 6.23. The summed E-state index contributed by atoms with van der Waals surface area (Å²) in [4.78, 5) is 15.0. The second kappa shape index (κ2) is 9.79. The van der Waals surface area contributed by atoms with Crippen molar-refractivity contribution in [2.24, 2.45) is 0 Å². The highest BCUT2D eigenvalue weighted by Crippen LogP contribution is 2.32. The minimum absolute atomic E-state index is 0.463. The van der Waals surface area contributed by atoms with E-state index in [9.17, 15) is 0 Å². The van der Waals surface area contributed by atoms with Gasteiger partial charge >= 0.3 is 0 Å². The van der Waals surface area contributed by atoms with Gasteiger partial charge in [0.15, 0.2) is 5.65 Å². The number of ether oxygens (including phenoxy) is 2. The number of nitrogens with two attached hydrogens (primary N) is 1. The van der Waals surface area contributed by atoms with Crippen molar-refractivity contribution in [3.05, 3.63) is 70.9 Å². The van der Waals surface area contributed by atoms with Crippen LogP contribution in [0.2, 0.25) is 5.02 Å². The summed E-state index contributed by atoms with van der Waals surface area (Å²) >= 11 is 6.54. The zero-order valence-corrected chi connectivity index (χ0v) is 19.0. The fraction of sp³-hybridized carbons (Fsp3) is 0.280. The van der Waals surface area contributed by atoms with Crippen LogP contribution in [0.25, 0.3) is 22.6 Å². The van der Waals surface area contributed by atoms with E-state index in [4.69, 9.17) is 26.8 Å². The Morgan fingerprint density at radius 1 is 1.03 bits per heavy atom. The number of nitrogen functional groups attached to an aromatic ring is 1. The number of aromatic amines is 1. The quantitative estimate of drug-likeness (QED) is 0.427. The van der Waals surface area contributed by atoms with Crippen LogP contribution in [0.5, 0.6) is 5.75 Å². The number of benzene rings is 2. The Kier molecular flexibility index (Phi) is 6.44. The Morgan fingerprint density at radius 3 is 2.55 bits per heavy atom. The second-order valence-electron chi connectivity index (χ2n) is 8.06. The Morgan fingerprint density at radius 2 is 1.79 bits per heavy atom. The minimum atomic E-state index is 0.463. The van der Waals surface area contributed by atoms with E-state index in [1.807, 2.05) is 54.6 Å². The smallest absolute Gasteiger partial charge is 0.180 e. The molecule has 1 fully saturated rings. The molecule has 170 valence electrons. The first-order chi connectivity index (χ1) is 16.2. The maximum absolute atomic E-state index is 6.54. The van der Waals surface area contributed by atoms with Gasteiger partial charge < -0.3 is 20.2 Å². The lowest BCUT2D eigenvalue weighted by atomic mass is 10.1. The predicted molar refractivity (Wildman–Crippen MR) is 131 cm³/mol. The average Bonchev–Trinajstić information content (AvgIpc) is 3.28. The van der Waals surface area contributed by atoms with E-state index in [2.05, 4.69) is 19.9 Å². The molecule has 0 spiro atoms. The molecule has 0 saturated carbocycles. The Balaban J connectivity index is 1.30. The molecule has 0 atom stereocenters. The van der Waals surface area contributed by atoms with Gasteiger partial charge in [-0.2, -0.15) is 0 Å². The zero-order valence-electron chi connectivity index (χ0n) is 18.3. The van der Waals surface area contributed by atoms with Crippen LogP contribution in [0.15, 0.2) is 54.6 Å². The Bertz CT molecular complexity index is 1220. The van der Waals surface area contributed by atoms with Crippen molar-refractivity contribution in [3.8, 4) is 17.1 Å². The number of hydrogen-bond donors (Lipinski definition) is 2. The number of rotatable bonds is 7. The number of pyridine rings is 1. The number of morpholine rings is 1. The number of nitrogens with zero attached hydrogens (tertiary/aromatic N) is 3. The SMILES string of the molecule is Nc1c(Cl)c(Cc2ccccc2)nc2nc(-c3ccc(OCCN4CCOCC4)cc3)[nH]c12. The van der Waals surface area contributed by atoms with Crippen LogP contribution >= 0.6 is 11.6 Å². The Labute approximate surface area is 197 Å². The number of hydrogen-bond acceptors (Lipinski definition) is 6. The van der Waals surface area contributed by atoms with Gasteiger partial charge in [0.05, 0.1) is 29.6 Å². The fourth-order valence-corrected chi connectivity index (χ4v) is 4.15. The van der Waals surface area contributed by atoms with Gasteiger partial charge in [0.1, 0.15) is 23.7 Å². The molecule has 7 nitrogen and oxygen atoms in total. The van der Waals surface area contributed by atoms with Gasteiger partial charge in [0.2, 0.25) is 0 Å². The van der Waals surface area contributed by atoms with Crippen LogP contribution in [0, 0.1) is 0 Å². The number of fused-ring (bicyclic) bond motifs is 1. The first-order valence-corrected chi connectivity index (χ1v) is 11.5. The monoisotopic (exact) mass is 463 g/mol. The molecule has 2 aromatic carbocycles. The van der Waals surface area contributed by atoms with Crippen LogP contribution in [0.1, 0.15) is 11.3 Å². The van der Waals surface area contributed by atoms with Gasteiger partial charge in [0, 0.05) is 31.6 Å². The third-order valence-electron chi connectivity index (χ3n) is 5.81. The topological polar surface area (TPSA) is 89.3 Å². The summed E-state index contributed by atoms with van der Waals surface area (Å²) in [5.41, 5.74) is 10.8. The summed E-state index contributed by atoms with van der Waals surface area (Å²) in [6.07, 6.45) is 0.596. The van der Waals surface area contributed by atoms with E-state index < -0.39 is 0 Å². The van der Waals surface area contributed by atoms with Gasteiger partial charge in [-0.15, -0.1) is 0 Å². The largest absolute Gasteiger partial charge is 0.492 e.